The summed E-state index contributed by atoms with van der Waals surface area (Å²) < 4.78 is 24.4. The molecule has 1 aromatic carbocycles. The SMILES string of the molecule is COc1cc(F)c([C@@H](C)NC(=O)c2cnc(C)s2)cc1OC. The molecule has 1 amide bonds. The lowest BCUT2D eigenvalue weighted by atomic mass is 10.1. The van der Waals surface area contributed by atoms with E-state index in [1.165, 1.54) is 43.9 Å². The Labute approximate surface area is 132 Å². The minimum atomic E-state index is -0.519. The smallest absolute Gasteiger partial charge is 0.263 e. The first-order chi connectivity index (χ1) is 10.5. The Kier molecular flexibility index (Phi) is 4.97. The summed E-state index contributed by atoms with van der Waals surface area (Å²) >= 11 is 1.29. The van der Waals surface area contributed by atoms with Crippen molar-refractivity contribution in [3.05, 3.63) is 39.6 Å². The maximum atomic E-state index is 14.2. The Morgan fingerprint density at radius 2 is 1.95 bits per heavy atom. The number of benzene rings is 1. The second-order valence-electron chi connectivity index (χ2n) is 4.67. The van der Waals surface area contributed by atoms with E-state index in [0.717, 1.165) is 5.01 Å². The van der Waals surface area contributed by atoms with Crippen molar-refractivity contribution in [3.63, 3.8) is 0 Å². The summed E-state index contributed by atoms with van der Waals surface area (Å²) in [5, 5.41) is 3.55. The molecule has 0 spiro atoms. The fraction of sp³-hybridized carbons (Fsp3) is 0.333. The van der Waals surface area contributed by atoms with E-state index in [9.17, 15) is 9.18 Å². The maximum absolute atomic E-state index is 14.2. The van der Waals surface area contributed by atoms with Gasteiger partial charge in [-0.2, -0.15) is 0 Å². The van der Waals surface area contributed by atoms with Crippen molar-refractivity contribution in [2.75, 3.05) is 14.2 Å². The lowest BCUT2D eigenvalue weighted by Gasteiger charge is -2.17. The van der Waals surface area contributed by atoms with Gasteiger partial charge in [-0.1, -0.05) is 0 Å². The average Bonchev–Trinajstić information content (AvgIpc) is 2.93. The van der Waals surface area contributed by atoms with Crippen LogP contribution in [0.15, 0.2) is 18.3 Å². The fourth-order valence-electron chi connectivity index (χ4n) is 2.01. The number of nitrogens with zero attached hydrogens (tertiary/aromatic N) is 1. The Balaban J connectivity index is 2.22. The molecular weight excluding hydrogens is 307 g/mol. The molecule has 22 heavy (non-hydrogen) atoms. The van der Waals surface area contributed by atoms with Gasteiger partial charge < -0.3 is 14.8 Å². The third kappa shape index (κ3) is 3.36. The van der Waals surface area contributed by atoms with Crippen LogP contribution in [0.3, 0.4) is 0 Å². The minimum absolute atomic E-state index is 0.285. The molecule has 0 bridgehead atoms. The number of hydrogen-bond acceptors (Lipinski definition) is 5. The number of aromatic nitrogens is 1. The molecular formula is C15H17FN2O3S. The third-order valence-electron chi connectivity index (χ3n) is 3.16. The van der Waals surface area contributed by atoms with Gasteiger partial charge in [0, 0.05) is 11.6 Å². The van der Waals surface area contributed by atoms with Crippen molar-refractivity contribution >= 4 is 17.2 Å². The molecule has 5 nitrogen and oxygen atoms in total. The van der Waals surface area contributed by atoms with Gasteiger partial charge in [-0.25, -0.2) is 9.37 Å². The first-order valence-electron chi connectivity index (χ1n) is 6.61. The van der Waals surface area contributed by atoms with Crippen LogP contribution >= 0.6 is 11.3 Å². The number of amides is 1. The lowest BCUT2D eigenvalue weighted by Crippen LogP contribution is -2.26. The fourth-order valence-corrected chi connectivity index (χ4v) is 2.69. The zero-order valence-electron chi connectivity index (χ0n) is 12.8. The standard InChI is InChI=1S/C15H17FN2O3S/c1-8(18-15(19)14-7-17-9(2)22-14)10-5-12(20-3)13(21-4)6-11(10)16/h5-8H,1-4H3,(H,18,19)/t8-/m1/s1. The number of halogens is 1. The van der Waals surface area contributed by atoms with Crippen molar-refractivity contribution in [3.8, 4) is 11.5 Å². The first kappa shape index (κ1) is 16.2. The molecule has 118 valence electrons. The molecule has 2 aromatic rings. The van der Waals surface area contributed by atoms with Crippen LogP contribution in [0, 0.1) is 12.7 Å². The van der Waals surface area contributed by atoms with Crippen LogP contribution in [0.25, 0.3) is 0 Å². The predicted molar refractivity (Wildman–Crippen MR) is 82.2 cm³/mol. The second-order valence-corrected chi connectivity index (χ2v) is 5.90. The van der Waals surface area contributed by atoms with Gasteiger partial charge in [0.05, 0.1) is 31.5 Å². The Morgan fingerprint density at radius 3 is 2.50 bits per heavy atom. The first-order valence-corrected chi connectivity index (χ1v) is 7.42. The Morgan fingerprint density at radius 1 is 1.32 bits per heavy atom. The topological polar surface area (TPSA) is 60.5 Å². The summed E-state index contributed by atoms with van der Waals surface area (Å²) in [6, 6.07) is 2.25. The Hall–Kier alpha value is -2.15. The van der Waals surface area contributed by atoms with Gasteiger partial charge in [-0.3, -0.25) is 4.79 Å². The lowest BCUT2D eigenvalue weighted by molar-refractivity contribution is 0.0943. The third-order valence-corrected chi connectivity index (χ3v) is 4.07. The molecule has 7 heteroatoms. The van der Waals surface area contributed by atoms with Crippen LogP contribution in [0.2, 0.25) is 0 Å². The monoisotopic (exact) mass is 324 g/mol. The van der Waals surface area contributed by atoms with Crippen LogP contribution in [0.5, 0.6) is 11.5 Å². The molecule has 1 atom stereocenters. The summed E-state index contributed by atoms with van der Waals surface area (Å²) in [7, 11) is 2.91. The summed E-state index contributed by atoms with van der Waals surface area (Å²) in [5.74, 6) is -0.0350. The molecule has 0 unspecified atom stereocenters. The van der Waals surface area contributed by atoms with Crippen LogP contribution in [0.1, 0.15) is 33.2 Å². The van der Waals surface area contributed by atoms with E-state index in [1.807, 2.05) is 6.92 Å². The van der Waals surface area contributed by atoms with Crippen molar-refractivity contribution in [1.29, 1.82) is 0 Å². The van der Waals surface area contributed by atoms with Gasteiger partial charge in [0.1, 0.15) is 10.7 Å². The van der Waals surface area contributed by atoms with Crippen molar-refractivity contribution < 1.29 is 18.7 Å². The highest BCUT2D eigenvalue weighted by molar-refractivity contribution is 7.13. The number of carbonyl (C=O) groups excluding carboxylic acids is 1. The van der Waals surface area contributed by atoms with Gasteiger partial charge >= 0.3 is 0 Å². The summed E-state index contributed by atoms with van der Waals surface area (Å²) in [4.78, 5) is 16.6. The average molecular weight is 324 g/mol. The number of carbonyl (C=O) groups is 1. The summed E-state index contributed by atoms with van der Waals surface area (Å²) in [6.45, 7) is 3.52. The Bertz CT molecular complexity index is 687. The molecule has 0 saturated heterocycles. The van der Waals surface area contributed by atoms with E-state index < -0.39 is 11.9 Å². The molecule has 0 aliphatic carbocycles. The van der Waals surface area contributed by atoms with Gasteiger partial charge in [-0.15, -0.1) is 11.3 Å². The molecule has 1 aromatic heterocycles. The van der Waals surface area contributed by atoms with Gasteiger partial charge in [0.25, 0.3) is 5.91 Å². The highest BCUT2D eigenvalue weighted by Crippen LogP contribution is 2.32. The number of thiazole rings is 1. The number of hydrogen-bond donors (Lipinski definition) is 1. The number of methoxy groups -OCH3 is 2. The van der Waals surface area contributed by atoms with Crippen LogP contribution in [-0.4, -0.2) is 25.1 Å². The van der Waals surface area contributed by atoms with E-state index in [-0.39, 0.29) is 5.91 Å². The zero-order valence-corrected chi connectivity index (χ0v) is 13.6. The number of rotatable bonds is 5. The van der Waals surface area contributed by atoms with Crippen LogP contribution in [-0.2, 0) is 0 Å². The molecule has 0 aliphatic rings. The van der Waals surface area contributed by atoms with Crippen molar-refractivity contribution in [1.82, 2.24) is 10.3 Å². The predicted octanol–water partition coefficient (Wildman–Crippen LogP) is 3.10. The number of aryl methyl sites for hydroxylation is 1. The molecule has 0 radical (unpaired) electrons. The van der Waals surface area contributed by atoms with Gasteiger partial charge in [-0.05, 0) is 19.9 Å². The highest BCUT2D eigenvalue weighted by atomic mass is 32.1. The van der Waals surface area contributed by atoms with E-state index in [2.05, 4.69) is 10.3 Å². The highest BCUT2D eigenvalue weighted by Gasteiger charge is 2.19. The van der Waals surface area contributed by atoms with Crippen LogP contribution < -0.4 is 14.8 Å². The van der Waals surface area contributed by atoms with Gasteiger partial charge in [0.2, 0.25) is 0 Å². The normalized spacial score (nSPS) is 11.9. The maximum Gasteiger partial charge on any atom is 0.263 e. The molecule has 0 fully saturated rings. The molecule has 0 saturated carbocycles. The van der Waals surface area contributed by atoms with E-state index >= 15 is 0 Å². The van der Waals surface area contributed by atoms with E-state index in [4.69, 9.17) is 9.47 Å². The summed E-state index contributed by atoms with van der Waals surface area (Å²) in [6.07, 6.45) is 1.51. The second kappa shape index (κ2) is 6.74. The van der Waals surface area contributed by atoms with Crippen LogP contribution in [0.4, 0.5) is 4.39 Å². The molecule has 1 N–H and O–H groups in total. The quantitative estimate of drug-likeness (QED) is 0.918. The van der Waals surface area contributed by atoms with Crippen molar-refractivity contribution in [2.45, 2.75) is 19.9 Å². The van der Waals surface area contributed by atoms with Gasteiger partial charge in [0.15, 0.2) is 11.5 Å². The van der Waals surface area contributed by atoms with E-state index in [1.54, 1.807) is 6.92 Å². The molecule has 1 heterocycles. The minimum Gasteiger partial charge on any atom is -0.493 e. The summed E-state index contributed by atoms with van der Waals surface area (Å²) in [5.41, 5.74) is 0.326. The van der Waals surface area contributed by atoms with E-state index in [0.29, 0.717) is 21.9 Å². The van der Waals surface area contributed by atoms with Crippen molar-refractivity contribution in [2.24, 2.45) is 0 Å². The zero-order chi connectivity index (χ0) is 16.3. The number of nitrogens with one attached hydrogen (secondary N) is 1. The molecule has 0 aliphatic heterocycles. The molecule has 2 rings (SSSR count). The number of ether oxygens (including phenoxy) is 2. The largest absolute Gasteiger partial charge is 0.493 e.